The Kier molecular flexibility index (Phi) is 11.2. The minimum atomic E-state index is -1.23. The highest BCUT2D eigenvalue weighted by Gasteiger charge is 2.32. The van der Waals surface area contributed by atoms with Gasteiger partial charge in [0.15, 0.2) is 0 Å². The van der Waals surface area contributed by atoms with Gasteiger partial charge < -0.3 is 31.8 Å². The van der Waals surface area contributed by atoms with Crippen LogP contribution in [0.25, 0.3) is 0 Å². The maximum Gasteiger partial charge on any atom is 0.326 e. The lowest BCUT2D eigenvalue weighted by Gasteiger charge is -2.27. The fraction of sp³-hybridized carbons (Fsp3) is 0.650. The van der Waals surface area contributed by atoms with E-state index in [1.54, 1.807) is 13.8 Å². The van der Waals surface area contributed by atoms with E-state index >= 15 is 0 Å². The van der Waals surface area contributed by atoms with E-state index in [1.165, 1.54) is 12.5 Å². The van der Waals surface area contributed by atoms with Crippen LogP contribution in [0.15, 0.2) is 12.5 Å². The molecule has 0 fully saturated rings. The number of carboxylic acids is 1. The molecule has 1 aromatic heterocycles. The summed E-state index contributed by atoms with van der Waals surface area (Å²) in [6.07, 6.45) is 3.56. The van der Waals surface area contributed by atoms with Gasteiger partial charge >= 0.3 is 5.97 Å². The third-order valence-electron chi connectivity index (χ3n) is 5.22. The van der Waals surface area contributed by atoms with Crippen LogP contribution in [0.1, 0.15) is 39.8 Å². The SMILES string of the molecule is CCC(C)C(N)C(=O)NC(C(=O)NC(CS)C(=O)NC(Cc1cnc[nH]1)C(=O)O)C(C)C. The van der Waals surface area contributed by atoms with Crippen LogP contribution in [-0.4, -0.2) is 68.7 Å². The molecule has 1 heterocycles. The lowest BCUT2D eigenvalue weighted by atomic mass is 9.97. The summed E-state index contributed by atoms with van der Waals surface area (Å²) < 4.78 is 0. The summed E-state index contributed by atoms with van der Waals surface area (Å²) >= 11 is 4.11. The number of imidazole rings is 1. The van der Waals surface area contributed by atoms with Gasteiger partial charge in [0.05, 0.1) is 12.4 Å². The van der Waals surface area contributed by atoms with E-state index in [2.05, 4.69) is 38.5 Å². The van der Waals surface area contributed by atoms with Crippen LogP contribution in [0, 0.1) is 11.8 Å². The molecule has 0 aromatic carbocycles. The van der Waals surface area contributed by atoms with Crippen LogP contribution >= 0.6 is 12.6 Å². The van der Waals surface area contributed by atoms with Crippen molar-refractivity contribution >= 4 is 36.3 Å². The minimum absolute atomic E-state index is 0.00745. The van der Waals surface area contributed by atoms with Crippen molar-refractivity contribution in [3.05, 3.63) is 18.2 Å². The largest absolute Gasteiger partial charge is 0.480 e. The molecule has 5 unspecified atom stereocenters. The number of amides is 3. The molecular formula is C20H34N6O5S. The number of carbonyl (C=O) groups excluding carboxylic acids is 3. The van der Waals surface area contributed by atoms with E-state index in [-0.39, 0.29) is 24.0 Å². The third kappa shape index (κ3) is 8.15. The van der Waals surface area contributed by atoms with Crippen molar-refractivity contribution in [3.8, 4) is 0 Å². The Morgan fingerprint density at radius 2 is 1.72 bits per heavy atom. The second-order valence-corrected chi connectivity index (χ2v) is 8.43. The topological polar surface area (TPSA) is 179 Å². The second kappa shape index (κ2) is 13.1. The van der Waals surface area contributed by atoms with Crippen molar-refractivity contribution < 1.29 is 24.3 Å². The van der Waals surface area contributed by atoms with Crippen molar-refractivity contribution in [3.63, 3.8) is 0 Å². The molecule has 0 aliphatic heterocycles. The van der Waals surface area contributed by atoms with Crippen molar-refractivity contribution in [1.82, 2.24) is 25.9 Å². The van der Waals surface area contributed by atoms with E-state index in [1.807, 2.05) is 13.8 Å². The minimum Gasteiger partial charge on any atom is -0.480 e. The maximum absolute atomic E-state index is 12.8. The zero-order valence-corrected chi connectivity index (χ0v) is 19.7. The third-order valence-corrected chi connectivity index (χ3v) is 5.58. The highest BCUT2D eigenvalue weighted by atomic mass is 32.1. The number of nitrogens with one attached hydrogen (secondary N) is 4. The molecule has 12 heteroatoms. The summed E-state index contributed by atoms with van der Waals surface area (Å²) in [7, 11) is 0. The summed E-state index contributed by atoms with van der Waals surface area (Å²) in [6.45, 7) is 7.26. The molecule has 11 nitrogen and oxygen atoms in total. The van der Waals surface area contributed by atoms with Crippen LogP contribution in [0.5, 0.6) is 0 Å². The number of nitrogens with two attached hydrogens (primary N) is 1. The zero-order chi connectivity index (χ0) is 24.4. The first-order chi connectivity index (χ1) is 15.0. The van der Waals surface area contributed by atoms with Crippen molar-refractivity contribution in [2.75, 3.05) is 5.75 Å². The summed E-state index contributed by atoms with van der Waals surface area (Å²) in [4.78, 5) is 56.0. The molecule has 3 amide bonds. The summed E-state index contributed by atoms with van der Waals surface area (Å²) in [5.74, 6) is -3.39. The summed E-state index contributed by atoms with van der Waals surface area (Å²) in [5.41, 5.74) is 6.48. The molecule has 0 radical (unpaired) electrons. The Hall–Kier alpha value is -2.60. The van der Waals surface area contributed by atoms with Gasteiger partial charge in [-0.2, -0.15) is 12.6 Å². The van der Waals surface area contributed by atoms with E-state index in [0.29, 0.717) is 12.1 Å². The number of rotatable bonds is 13. The van der Waals surface area contributed by atoms with Gasteiger partial charge in [-0.25, -0.2) is 9.78 Å². The number of carboxylic acid groups (broad SMARTS) is 1. The smallest absolute Gasteiger partial charge is 0.326 e. The monoisotopic (exact) mass is 470 g/mol. The molecule has 0 saturated heterocycles. The van der Waals surface area contributed by atoms with Gasteiger partial charge in [0, 0.05) is 24.1 Å². The van der Waals surface area contributed by atoms with Crippen LogP contribution in [0.4, 0.5) is 0 Å². The molecule has 0 bridgehead atoms. The second-order valence-electron chi connectivity index (χ2n) is 8.07. The van der Waals surface area contributed by atoms with Crippen LogP contribution in [0.2, 0.25) is 0 Å². The Morgan fingerprint density at radius 3 is 2.19 bits per heavy atom. The fourth-order valence-corrected chi connectivity index (χ4v) is 3.10. The summed E-state index contributed by atoms with van der Waals surface area (Å²) in [5, 5.41) is 17.0. The summed E-state index contributed by atoms with van der Waals surface area (Å²) in [6, 6.07) is -4.02. The van der Waals surface area contributed by atoms with Gasteiger partial charge in [-0.15, -0.1) is 0 Å². The molecule has 1 aromatic rings. The fourth-order valence-electron chi connectivity index (χ4n) is 2.84. The predicted octanol–water partition coefficient (Wildman–Crippen LogP) is -0.550. The number of thiol groups is 1. The van der Waals surface area contributed by atoms with Gasteiger partial charge in [-0.1, -0.05) is 34.1 Å². The van der Waals surface area contributed by atoms with Crippen LogP contribution in [-0.2, 0) is 25.6 Å². The number of hydrogen-bond acceptors (Lipinski definition) is 7. The predicted molar refractivity (Wildman–Crippen MR) is 122 cm³/mol. The molecular weight excluding hydrogens is 436 g/mol. The standard InChI is InChI=1S/C20H34N6O5S/c1-5-11(4)15(21)18(28)26-16(10(2)3)19(29)25-14(8-32)17(27)24-13(20(30)31)6-12-7-22-9-23-12/h7,9-11,13-16,32H,5-6,8,21H2,1-4H3,(H,22,23)(H,24,27)(H,25,29)(H,26,28)(H,30,31). The van der Waals surface area contributed by atoms with Gasteiger partial charge in [0.25, 0.3) is 0 Å². The van der Waals surface area contributed by atoms with Gasteiger partial charge in [0.2, 0.25) is 17.7 Å². The van der Waals surface area contributed by atoms with E-state index in [9.17, 15) is 24.3 Å². The average molecular weight is 471 g/mol. The quantitative estimate of drug-likeness (QED) is 0.189. The van der Waals surface area contributed by atoms with E-state index < -0.39 is 47.9 Å². The number of nitrogens with zero attached hydrogens (tertiary/aromatic N) is 1. The molecule has 0 aliphatic rings. The normalized spacial score (nSPS) is 15.8. The molecule has 0 aliphatic carbocycles. The Bertz CT molecular complexity index is 773. The van der Waals surface area contributed by atoms with Crippen LogP contribution < -0.4 is 21.7 Å². The Morgan fingerprint density at radius 1 is 1.09 bits per heavy atom. The molecule has 0 spiro atoms. The lowest BCUT2D eigenvalue weighted by Crippen LogP contribution is -2.59. The first-order valence-electron chi connectivity index (χ1n) is 10.5. The number of hydrogen-bond donors (Lipinski definition) is 7. The number of carbonyl (C=O) groups is 4. The van der Waals surface area contributed by atoms with Crippen molar-refractivity contribution in [2.24, 2.45) is 17.6 Å². The van der Waals surface area contributed by atoms with Crippen molar-refractivity contribution in [2.45, 2.75) is 64.7 Å². The molecule has 5 atom stereocenters. The Balaban J connectivity index is 2.82. The first kappa shape index (κ1) is 27.4. The highest BCUT2D eigenvalue weighted by Crippen LogP contribution is 2.09. The van der Waals surface area contributed by atoms with Crippen molar-refractivity contribution in [1.29, 1.82) is 0 Å². The number of aromatic nitrogens is 2. The number of aromatic amines is 1. The lowest BCUT2D eigenvalue weighted by molar-refractivity contribution is -0.142. The maximum atomic E-state index is 12.8. The molecule has 0 saturated carbocycles. The molecule has 7 N–H and O–H groups in total. The number of H-pyrrole nitrogens is 1. The Labute approximate surface area is 193 Å². The van der Waals surface area contributed by atoms with Gasteiger partial charge in [-0.3, -0.25) is 14.4 Å². The van der Waals surface area contributed by atoms with Gasteiger partial charge in [0.1, 0.15) is 18.1 Å². The van der Waals surface area contributed by atoms with E-state index in [4.69, 9.17) is 5.73 Å². The average Bonchev–Trinajstić information content (AvgIpc) is 3.26. The highest BCUT2D eigenvalue weighted by molar-refractivity contribution is 7.80. The number of aliphatic carboxylic acids is 1. The molecule has 180 valence electrons. The van der Waals surface area contributed by atoms with Gasteiger partial charge in [-0.05, 0) is 11.8 Å². The molecule has 32 heavy (non-hydrogen) atoms. The van der Waals surface area contributed by atoms with E-state index in [0.717, 1.165) is 0 Å². The zero-order valence-electron chi connectivity index (χ0n) is 18.8. The van der Waals surface area contributed by atoms with Crippen LogP contribution in [0.3, 0.4) is 0 Å². The molecule has 1 rings (SSSR count). The first-order valence-corrected chi connectivity index (χ1v) is 11.1.